The van der Waals surface area contributed by atoms with Crippen LogP contribution in [0.4, 0.5) is 0 Å². The van der Waals surface area contributed by atoms with E-state index in [-0.39, 0.29) is 5.69 Å². The molecule has 0 bridgehead atoms. The van der Waals surface area contributed by atoms with Crippen molar-refractivity contribution in [1.29, 1.82) is 0 Å². The van der Waals surface area contributed by atoms with Crippen LogP contribution in [-0.2, 0) is 19.6 Å². The fraction of sp³-hybridized carbons (Fsp3) is 0.800. The smallest absolute Gasteiger partial charge is 0.308 e. The summed E-state index contributed by atoms with van der Waals surface area (Å²) in [5.41, 5.74) is 0.0580. The quantitative estimate of drug-likeness (QED) is 0.729. The molecule has 0 saturated carbocycles. The molecule has 15 heavy (non-hydrogen) atoms. The van der Waals surface area contributed by atoms with E-state index in [0.29, 0.717) is 0 Å². The predicted molar refractivity (Wildman–Crippen MR) is 57.7 cm³/mol. The van der Waals surface area contributed by atoms with Crippen LogP contribution in [0.5, 0.6) is 0 Å². The van der Waals surface area contributed by atoms with Crippen LogP contribution in [0, 0.1) is 0 Å². The van der Waals surface area contributed by atoms with E-state index in [9.17, 15) is 4.79 Å². The number of nitrogens with zero attached hydrogens (tertiary/aromatic N) is 3. The highest BCUT2D eigenvalue weighted by Crippen LogP contribution is 2.00. The molecule has 0 saturated heterocycles. The first-order chi connectivity index (χ1) is 7.33. The number of hydrogen-bond donors (Lipinski definition) is 1. The second-order valence-corrected chi connectivity index (χ2v) is 3.96. The average molecular weight is 210 g/mol. The Morgan fingerprint density at radius 1 is 1.47 bits per heavy atom. The molecule has 1 aromatic rings. The highest BCUT2D eigenvalue weighted by molar-refractivity contribution is 4.90. The zero-order valence-corrected chi connectivity index (χ0v) is 9.20. The van der Waals surface area contributed by atoms with Crippen molar-refractivity contribution >= 4 is 0 Å². The topological polar surface area (TPSA) is 51.9 Å². The lowest BCUT2D eigenvalue weighted by molar-refractivity contribution is 0.496. The van der Waals surface area contributed by atoms with Gasteiger partial charge in [0.15, 0.2) is 0 Å². The van der Waals surface area contributed by atoms with Crippen molar-refractivity contribution in [2.24, 2.45) is 0 Å². The Morgan fingerprint density at radius 2 is 2.33 bits per heavy atom. The zero-order valence-electron chi connectivity index (χ0n) is 9.20. The lowest BCUT2D eigenvalue weighted by Gasteiger charge is -2.11. The minimum atomic E-state index is 0.0580. The van der Waals surface area contributed by atoms with E-state index in [2.05, 4.69) is 17.3 Å². The van der Waals surface area contributed by atoms with Gasteiger partial charge in [-0.25, -0.2) is 9.48 Å². The van der Waals surface area contributed by atoms with E-state index in [1.54, 1.807) is 9.25 Å². The van der Waals surface area contributed by atoms with Gasteiger partial charge in [-0.3, -0.25) is 4.57 Å². The first-order valence-corrected chi connectivity index (χ1v) is 5.70. The maximum Gasteiger partial charge on any atom is 0.345 e. The Bertz CT molecular complexity index is 379. The number of unbranched alkanes of at least 4 members (excludes halogenated alkanes) is 2. The van der Waals surface area contributed by atoms with Crippen molar-refractivity contribution in [3.05, 3.63) is 16.3 Å². The van der Waals surface area contributed by atoms with Gasteiger partial charge in [0.05, 0.1) is 6.54 Å². The van der Waals surface area contributed by atoms with Gasteiger partial charge in [0.25, 0.3) is 0 Å². The summed E-state index contributed by atoms with van der Waals surface area (Å²) in [4.78, 5) is 11.8. The molecule has 0 radical (unpaired) electrons. The normalized spacial score (nSPS) is 15.3. The summed E-state index contributed by atoms with van der Waals surface area (Å²) in [6.07, 6.45) is 3.37. The van der Waals surface area contributed by atoms with Gasteiger partial charge >= 0.3 is 5.69 Å². The molecule has 0 spiro atoms. The van der Waals surface area contributed by atoms with Crippen molar-refractivity contribution < 1.29 is 0 Å². The van der Waals surface area contributed by atoms with Crippen LogP contribution in [0.15, 0.2) is 4.79 Å². The molecule has 0 aromatic carbocycles. The summed E-state index contributed by atoms with van der Waals surface area (Å²) < 4.78 is 3.39. The molecule has 84 valence electrons. The SMILES string of the molecule is CCCCCn1nc2n(c1=O)CCNC2. The summed E-state index contributed by atoms with van der Waals surface area (Å²) in [5.74, 6) is 0.878. The Balaban J connectivity index is 2.11. The predicted octanol–water partition coefficient (Wildman–Crippen LogP) is 0.338. The minimum Gasteiger partial charge on any atom is -0.308 e. The van der Waals surface area contributed by atoms with Crippen LogP contribution in [0.3, 0.4) is 0 Å². The van der Waals surface area contributed by atoms with Gasteiger partial charge < -0.3 is 5.32 Å². The summed E-state index contributed by atoms with van der Waals surface area (Å²) in [5, 5.41) is 7.54. The van der Waals surface area contributed by atoms with E-state index in [0.717, 1.165) is 44.8 Å². The van der Waals surface area contributed by atoms with E-state index in [1.165, 1.54) is 6.42 Å². The molecule has 0 fully saturated rings. The summed E-state index contributed by atoms with van der Waals surface area (Å²) >= 11 is 0. The maximum absolute atomic E-state index is 11.8. The molecule has 0 atom stereocenters. The van der Waals surface area contributed by atoms with E-state index in [1.807, 2.05) is 0 Å². The Kier molecular flexibility index (Phi) is 3.20. The highest BCUT2D eigenvalue weighted by Gasteiger charge is 2.15. The second kappa shape index (κ2) is 4.61. The lowest BCUT2D eigenvalue weighted by Crippen LogP contribution is -2.34. The zero-order chi connectivity index (χ0) is 10.7. The first-order valence-electron chi connectivity index (χ1n) is 5.70. The molecule has 5 nitrogen and oxygen atoms in total. The summed E-state index contributed by atoms with van der Waals surface area (Å²) in [6.45, 7) is 5.25. The van der Waals surface area contributed by atoms with Crippen molar-refractivity contribution in [1.82, 2.24) is 19.7 Å². The van der Waals surface area contributed by atoms with Crippen LogP contribution in [-0.4, -0.2) is 20.9 Å². The third-order valence-corrected chi connectivity index (χ3v) is 2.77. The Morgan fingerprint density at radius 3 is 3.07 bits per heavy atom. The molecule has 1 N–H and O–H groups in total. The van der Waals surface area contributed by atoms with Gasteiger partial charge in [-0.15, -0.1) is 0 Å². The Labute approximate surface area is 89.1 Å². The van der Waals surface area contributed by atoms with E-state index >= 15 is 0 Å². The number of aromatic nitrogens is 3. The summed E-state index contributed by atoms with van der Waals surface area (Å²) in [6, 6.07) is 0. The van der Waals surface area contributed by atoms with Crippen LogP contribution < -0.4 is 11.0 Å². The van der Waals surface area contributed by atoms with Gasteiger partial charge in [0.2, 0.25) is 0 Å². The molecule has 1 aliphatic heterocycles. The molecular formula is C10H18N4O. The maximum atomic E-state index is 11.8. The Hall–Kier alpha value is -1.10. The van der Waals surface area contributed by atoms with Crippen LogP contribution in [0.25, 0.3) is 0 Å². The molecule has 5 heteroatoms. The molecule has 0 unspecified atom stereocenters. The summed E-state index contributed by atoms with van der Waals surface area (Å²) in [7, 11) is 0. The standard InChI is InChI=1S/C10H18N4O/c1-2-3-4-6-14-10(15)13-7-5-11-8-9(13)12-14/h11H,2-8H2,1H3. The minimum absolute atomic E-state index is 0.0580. The van der Waals surface area contributed by atoms with Gasteiger partial charge in [-0.1, -0.05) is 19.8 Å². The third-order valence-electron chi connectivity index (χ3n) is 2.77. The fourth-order valence-electron chi connectivity index (χ4n) is 1.89. The molecule has 0 amide bonds. The van der Waals surface area contributed by atoms with Crippen LogP contribution in [0.1, 0.15) is 32.0 Å². The van der Waals surface area contributed by atoms with Crippen molar-refractivity contribution in [3.63, 3.8) is 0 Å². The monoisotopic (exact) mass is 210 g/mol. The van der Waals surface area contributed by atoms with E-state index in [4.69, 9.17) is 0 Å². The van der Waals surface area contributed by atoms with E-state index < -0.39 is 0 Å². The molecule has 2 rings (SSSR count). The van der Waals surface area contributed by atoms with Crippen molar-refractivity contribution in [3.8, 4) is 0 Å². The molecule has 0 aliphatic carbocycles. The van der Waals surface area contributed by atoms with Crippen LogP contribution in [0.2, 0.25) is 0 Å². The number of fused-ring (bicyclic) bond motifs is 1. The van der Waals surface area contributed by atoms with Gasteiger partial charge in [-0.05, 0) is 6.42 Å². The number of nitrogens with one attached hydrogen (secondary N) is 1. The molecule has 1 aromatic heterocycles. The number of rotatable bonds is 4. The van der Waals surface area contributed by atoms with Crippen LogP contribution >= 0.6 is 0 Å². The number of hydrogen-bond acceptors (Lipinski definition) is 3. The van der Waals surface area contributed by atoms with Crippen molar-refractivity contribution in [2.75, 3.05) is 6.54 Å². The highest BCUT2D eigenvalue weighted by atomic mass is 16.2. The fourth-order valence-corrected chi connectivity index (χ4v) is 1.89. The molecule has 2 heterocycles. The molecule has 1 aliphatic rings. The van der Waals surface area contributed by atoms with Crippen molar-refractivity contribution in [2.45, 2.75) is 45.8 Å². The lowest BCUT2D eigenvalue weighted by atomic mass is 10.2. The van der Waals surface area contributed by atoms with Gasteiger partial charge in [-0.2, -0.15) is 5.10 Å². The molecular weight excluding hydrogens is 192 g/mol. The van der Waals surface area contributed by atoms with Gasteiger partial charge in [0.1, 0.15) is 5.82 Å². The second-order valence-electron chi connectivity index (χ2n) is 3.96. The first kappa shape index (κ1) is 10.4. The largest absolute Gasteiger partial charge is 0.345 e. The number of aryl methyl sites for hydroxylation is 1. The third kappa shape index (κ3) is 2.12. The average Bonchev–Trinajstić information content (AvgIpc) is 2.57. The van der Waals surface area contributed by atoms with Gasteiger partial charge in [0, 0.05) is 19.6 Å².